The maximum Gasteiger partial charge on any atom is 0.264 e. The van der Waals surface area contributed by atoms with Gasteiger partial charge in [0.2, 0.25) is 10.9 Å². The average molecular weight is 498 g/mol. The molecule has 1 aromatic carbocycles. The van der Waals surface area contributed by atoms with E-state index in [2.05, 4.69) is 15.7 Å². The number of benzene rings is 1. The lowest BCUT2D eigenvalue weighted by Crippen LogP contribution is -2.48. The molecular formula is C25H27N3O4S2. The number of phenols is 1. The van der Waals surface area contributed by atoms with Crippen molar-refractivity contribution in [2.45, 2.75) is 43.9 Å². The Kier molecular flexibility index (Phi) is 5.37. The van der Waals surface area contributed by atoms with E-state index < -0.39 is 0 Å². The van der Waals surface area contributed by atoms with E-state index in [9.17, 15) is 9.90 Å². The van der Waals surface area contributed by atoms with Crippen LogP contribution >= 0.6 is 23.1 Å². The van der Waals surface area contributed by atoms with E-state index in [1.165, 1.54) is 70.2 Å². The van der Waals surface area contributed by atoms with Gasteiger partial charge in [0.25, 0.3) is 5.91 Å². The summed E-state index contributed by atoms with van der Waals surface area (Å²) in [4.78, 5) is 22.7. The van der Waals surface area contributed by atoms with Crippen molar-refractivity contribution in [1.29, 1.82) is 0 Å². The topological polar surface area (TPSA) is 93.0 Å². The molecule has 2 aromatic rings. The Morgan fingerprint density at radius 3 is 2.32 bits per heavy atom. The molecule has 0 unspecified atom stereocenters. The fourth-order valence-corrected chi connectivity index (χ4v) is 8.39. The summed E-state index contributed by atoms with van der Waals surface area (Å²) in [7, 11) is 2.94. The Morgan fingerprint density at radius 1 is 1.12 bits per heavy atom. The molecule has 5 fully saturated rings. The highest BCUT2D eigenvalue weighted by Gasteiger charge is 2.52. The largest absolute Gasteiger partial charge is 0.502 e. The van der Waals surface area contributed by atoms with Gasteiger partial charge in [0, 0.05) is 10.8 Å². The van der Waals surface area contributed by atoms with E-state index in [1.807, 2.05) is 0 Å². The molecule has 5 aliphatic rings. The lowest BCUT2D eigenvalue weighted by molar-refractivity contribution is -0.115. The Balaban J connectivity index is 1.22. The van der Waals surface area contributed by atoms with Gasteiger partial charge in [-0.25, -0.2) is 4.98 Å². The molecule has 2 N–H and O–H groups in total. The SMILES string of the molecule is COc1cc(/C=C2\S/C(=N\c3nc(C45CC6CC(CC(C6)C4)C5)cs3)NC2=O)cc(OC)c1O. The number of amidine groups is 1. The fourth-order valence-electron chi connectivity index (χ4n) is 6.70. The summed E-state index contributed by atoms with van der Waals surface area (Å²) in [5.41, 5.74) is 2.14. The number of thioether (sulfide) groups is 1. The molecule has 2 heterocycles. The number of aromatic hydroxyl groups is 1. The van der Waals surface area contributed by atoms with Crippen LogP contribution in [0, 0.1) is 17.8 Å². The molecule has 9 heteroatoms. The Bertz CT molecular complexity index is 1160. The second kappa shape index (κ2) is 8.30. The van der Waals surface area contributed by atoms with Crippen LogP contribution in [0.15, 0.2) is 27.4 Å². The van der Waals surface area contributed by atoms with Gasteiger partial charge in [-0.1, -0.05) is 0 Å². The first-order valence-electron chi connectivity index (χ1n) is 11.7. The Morgan fingerprint density at radius 2 is 1.74 bits per heavy atom. The number of methoxy groups -OCH3 is 2. The summed E-state index contributed by atoms with van der Waals surface area (Å²) in [6.45, 7) is 0. The highest BCUT2D eigenvalue weighted by Crippen LogP contribution is 2.60. The minimum Gasteiger partial charge on any atom is -0.502 e. The number of carbonyl (C=O) groups is 1. The molecule has 1 aliphatic heterocycles. The molecule has 0 radical (unpaired) electrons. The zero-order chi connectivity index (χ0) is 23.4. The van der Waals surface area contributed by atoms with Crippen LogP contribution < -0.4 is 14.8 Å². The van der Waals surface area contributed by atoms with Crippen LogP contribution in [-0.2, 0) is 10.2 Å². The maximum absolute atomic E-state index is 12.6. The van der Waals surface area contributed by atoms with Crippen molar-refractivity contribution >= 4 is 45.4 Å². The second-order valence-corrected chi connectivity index (χ2v) is 11.8. The highest BCUT2D eigenvalue weighted by molar-refractivity contribution is 8.18. The molecule has 178 valence electrons. The molecule has 0 atom stereocenters. The molecule has 1 aromatic heterocycles. The van der Waals surface area contributed by atoms with Gasteiger partial charge < -0.3 is 19.9 Å². The standard InChI is InChI=1S/C25H27N3O4S2/c1-31-17-6-13(7-18(32-2)21(17)29)8-19-22(30)27-24(34-19)28-23-26-20(12-33-23)25-9-14-3-15(10-25)5-16(4-14)11-25/h6-8,12,14-16,29H,3-5,9-11H2,1-2H3,(H,26,27,28,30)/b19-8-. The molecule has 7 nitrogen and oxygen atoms in total. The van der Waals surface area contributed by atoms with Gasteiger partial charge >= 0.3 is 0 Å². The number of ether oxygens (including phenoxy) is 2. The molecule has 7 rings (SSSR count). The number of nitrogens with one attached hydrogen (secondary N) is 1. The number of hydrogen-bond donors (Lipinski definition) is 2. The lowest BCUT2D eigenvalue weighted by atomic mass is 9.49. The first-order valence-corrected chi connectivity index (χ1v) is 13.3. The summed E-state index contributed by atoms with van der Waals surface area (Å²) >= 11 is 2.84. The van der Waals surface area contributed by atoms with Crippen molar-refractivity contribution in [3.05, 3.63) is 33.7 Å². The van der Waals surface area contributed by atoms with Crippen LogP contribution in [0.5, 0.6) is 17.2 Å². The summed E-state index contributed by atoms with van der Waals surface area (Å²) in [5, 5.41) is 16.4. The van der Waals surface area contributed by atoms with E-state index >= 15 is 0 Å². The number of hydrogen-bond acceptors (Lipinski definition) is 8. The van der Waals surface area contributed by atoms with Gasteiger partial charge in [0.1, 0.15) is 0 Å². The van der Waals surface area contributed by atoms with Crippen molar-refractivity contribution in [3.8, 4) is 17.2 Å². The highest BCUT2D eigenvalue weighted by atomic mass is 32.2. The third-order valence-electron chi connectivity index (χ3n) is 7.72. The van der Waals surface area contributed by atoms with Crippen LogP contribution in [0.25, 0.3) is 6.08 Å². The van der Waals surface area contributed by atoms with Gasteiger partial charge in [-0.2, -0.15) is 4.99 Å². The Labute approximate surface area is 206 Å². The van der Waals surface area contributed by atoms with Crippen molar-refractivity contribution in [1.82, 2.24) is 10.3 Å². The zero-order valence-corrected chi connectivity index (χ0v) is 20.8. The monoisotopic (exact) mass is 497 g/mol. The zero-order valence-electron chi connectivity index (χ0n) is 19.2. The van der Waals surface area contributed by atoms with E-state index in [4.69, 9.17) is 14.5 Å². The summed E-state index contributed by atoms with van der Waals surface area (Å²) < 4.78 is 10.4. The lowest BCUT2D eigenvalue weighted by Gasteiger charge is -2.56. The fraction of sp³-hybridized carbons (Fsp3) is 0.480. The number of phenolic OH excluding ortho intramolecular Hbond substituents is 1. The van der Waals surface area contributed by atoms with Crippen molar-refractivity contribution in [3.63, 3.8) is 0 Å². The third kappa shape index (κ3) is 3.79. The number of aliphatic imine (C=N–C) groups is 1. The summed E-state index contributed by atoms with van der Waals surface area (Å²) in [6, 6.07) is 3.32. The second-order valence-electron chi connectivity index (χ2n) is 9.97. The quantitative estimate of drug-likeness (QED) is 0.550. The molecule has 4 bridgehead atoms. The van der Waals surface area contributed by atoms with Crippen LogP contribution in [0.3, 0.4) is 0 Å². The predicted octanol–water partition coefficient (Wildman–Crippen LogP) is 5.23. The molecule has 0 spiro atoms. The van der Waals surface area contributed by atoms with Crippen LogP contribution in [0.1, 0.15) is 49.8 Å². The molecule has 1 saturated heterocycles. The van der Waals surface area contributed by atoms with Crippen molar-refractivity contribution in [2.75, 3.05) is 14.2 Å². The predicted molar refractivity (Wildman–Crippen MR) is 134 cm³/mol. The maximum atomic E-state index is 12.6. The number of rotatable bonds is 5. The van der Waals surface area contributed by atoms with Crippen LogP contribution in [0.2, 0.25) is 0 Å². The third-order valence-corrected chi connectivity index (χ3v) is 9.37. The van der Waals surface area contributed by atoms with Gasteiger partial charge in [-0.3, -0.25) is 4.79 Å². The molecular weight excluding hydrogens is 470 g/mol. The van der Waals surface area contributed by atoms with Gasteiger partial charge in [0.15, 0.2) is 16.7 Å². The van der Waals surface area contributed by atoms with E-state index in [-0.39, 0.29) is 28.6 Å². The van der Waals surface area contributed by atoms with E-state index in [0.717, 1.165) is 17.8 Å². The average Bonchev–Trinajstić information content (AvgIpc) is 3.41. The minimum absolute atomic E-state index is 0.0727. The van der Waals surface area contributed by atoms with E-state index in [1.54, 1.807) is 29.5 Å². The Hall–Kier alpha value is -2.52. The number of amides is 1. The number of thiazole rings is 1. The molecule has 34 heavy (non-hydrogen) atoms. The smallest absolute Gasteiger partial charge is 0.264 e. The first kappa shape index (κ1) is 22.0. The number of carbonyl (C=O) groups excluding carboxylic acids is 1. The normalized spacial score (nSPS) is 31.9. The first-order chi connectivity index (χ1) is 16.4. The van der Waals surface area contributed by atoms with Gasteiger partial charge in [-0.15, -0.1) is 11.3 Å². The van der Waals surface area contributed by atoms with Crippen molar-refractivity contribution in [2.24, 2.45) is 22.7 Å². The van der Waals surface area contributed by atoms with Crippen LogP contribution in [0.4, 0.5) is 5.13 Å². The van der Waals surface area contributed by atoms with Gasteiger partial charge in [0.05, 0.1) is 24.8 Å². The van der Waals surface area contributed by atoms with Crippen molar-refractivity contribution < 1.29 is 19.4 Å². The minimum atomic E-state index is -0.215. The van der Waals surface area contributed by atoms with Crippen LogP contribution in [-0.4, -0.2) is 35.4 Å². The summed E-state index contributed by atoms with van der Waals surface area (Å²) in [6.07, 6.45) is 9.79. The molecule has 4 aliphatic carbocycles. The summed E-state index contributed by atoms with van der Waals surface area (Å²) in [5.74, 6) is 2.89. The number of nitrogens with zero attached hydrogens (tertiary/aromatic N) is 2. The molecule has 4 saturated carbocycles. The molecule has 1 amide bonds. The number of aromatic nitrogens is 1. The van der Waals surface area contributed by atoms with E-state index in [0.29, 0.717) is 20.8 Å². The van der Waals surface area contributed by atoms with Gasteiger partial charge in [-0.05, 0) is 91.8 Å².